The van der Waals surface area contributed by atoms with E-state index in [4.69, 9.17) is 11.6 Å². The zero-order chi connectivity index (χ0) is 12.3. The summed E-state index contributed by atoms with van der Waals surface area (Å²) in [4.78, 5) is 6.87. The third-order valence-electron chi connectivity index (χ3n) is 3.79. The van der Waals surface area contributed by atoms with Gasteiger partial charge in [0, 0.05) is 24.8 Å². The Bertz CT molecular complexity index is 357. The Labute approximate surface area is 109 Å². The predicted molar refractivity (Wildman–Crippen MR) is 73.6 cm³/mol. The molecule has 0 N–H and O–H groups in total. The molecule has 94 valence electrons. The van der Waals surface area contributed by atoms with E-state index < -0.39 is 0 Å². The van der Waals surface area contributed by atoms with Gasteiger partial charge in [0.15, 0.2) is 0 Å². The molecule has 0 bridgehead atoms. The minimum absolute atomic E-state index is 0.549. The van der Waals surface area contributed by atoms with Crippen molar-refractivity contribution < 1.29 is 0 Å². The largest absolute Gasteiger partial charge is 0.356 e. The SMILES string of the molecule is CC(C)C1CCN(c2ncccc2CCl)CC1. The van der Waals surface area contributed by atoms with Crippen molar-refractivity contribution in [3.05, 3.63) is 23.9 Å². The molecule has 0 atom stereocenters. The van der Waals surface area contributed by atoms with Crippen molar-refractivity contribution in [2.24, 2.45) is 11.8 Å². The fourth-order valence-electron chi connectivity index (χ4n) is 2.60. The summed E-state index contributed by atoms with van der Waals surface area (Å²) in [6.45, 7) is 6.88. The van der Waals surface area contributed by atoms with Gasteiger partial charge in [-0.1, -0.05) is 19.9 Å². The Morgan fingerprint density at radius 3 is 2.71 bits per heavy atom. The molecular weight excluding hydrogens is 232 g/mol. The summed E-state index contributed by atoms with van der Waals surface area (Å²) in [7, 11) is 0. The van der Waals surface area contributed by atoms with Crippen LogP contribution in [0.2, 0.25) is 0 Å². The summed E-state index contributed by atoms with van der Waals surface area (Å²) < 4.78 is 0. The molecule has 0 aliphatic carbocycles. The number of hydrogen-bond donors (Lipinski definition) is 0. The number of halogens is 1. The number of piperidine rings is 1. The fourth-order valence-corrected chi connectivity index (χ4v) is 2.81. The quantitative estimate of drug-likeness (QED) is 0.763. The minimum atomic E-state index is 0.549. The van der Waals surface area contributed by atoms with Gasteiger partial charge in [-0.15, -0.1) is 11.6 Å². The topological polar surface area (TPSA) is 16.1 Å². The van der Waals surface area contributed by atoms with Crippen LogP contribution in [0.3, 0.4) is 0 Å². The molecule has 1 aliphatic heterocycles. The van der Waals surface area contributed by atoms with Crippen molar-refractivity contribution in [3.63, 3.8) is 0 Å². The molecule has 0 amide bonds. The molecule has 0 radical (unpaired) electrons. The highest BCUT2D eigenvalue weighted by atomic mass is 35.5. The Morgan fingerprint density at radius 2 is 2.12 bits per heavy atom. The number of rotatable bonds is 3. The molecule has 0 saturated carbocycles. The normalized spacial score (nSPS) is 17.8. The Kier molecular flexibility index (Phi) is 4.27. The number of pyridine rings is 1. The number of aromatic nitrogens is 1. The van der Waals surface area contributed by atoms with Gasteiger partial charge in [0.2, 0.25) is 0 Å². The summed E-state index contributed by atoms with van der Waals surface area (Å²) in [5.74, 6) is 3.31. The Hall–Kier alpha value is -0.760. The van der Waals surface area contributed by atoms with Crippen molar-refractivity contribution in [2.75, 3.05) is 18.0 Å². The highest BCUT2D eigenvalue weighted by Crippen LogP contribution is 2.28. The molecule has 0 unspecified atom stereocenters. The van der Waals surface area contributed by atoms with Crippen molar-refractivity contribution in [3.8, 4) is 0 Å². The van der Waals surface area contributed by atoms with Crippen LogP contribution in [-0.2, 0) is 5.88 Å². The van der Waals surface area contributed by atoms with Gasteiger partial charge in [-0.25, -0.2) is 4.98 Å². The van der Waals surface area contributed by atoms with Crippen LogP contribution >= 0.6 is 11.6 Å². The molecule has 2 heterocycles. The van der Waals surface area contributed by atoms with Gasteiger partial charge in [-0.2, -0.15) is 0 Å². The molecule has 1 fully saturated rings. The average molecular weight is 253 g/mol. The van der Waals surface area contributed by atoms with Gasteiger partial charge >= 0.3 is 0 Å². The van der Waals surface area contributed by atoms with Crippen LogP contribution in [0, 0.1) is 11.8 Å². The molecule has 0 aromatic carbocycles. The molecule has 17 heavy (non-hydrogen) atoms. The summed E-state index contributed by atoms with van der Waals surface area (Å²) in [6.07, 6.45) is 4.41. The first-order valence-electron chi connectivity index (χ1n) is 6.47. The van der Waals surface area contributed by atoms with Crippen LogP contribution in [0.4, 0.5) is 5.82 Å². The number of hydrogen-bond acceptors (Lipinski definition) is 2. The standard InChI is InChI=1S/C14H21ClN2/c1-11(2)12-5-8-17(9-6-12)14-13(10-15)4-3-7-16-14/h3-4,7,11-12H,5-6,8-10H2,1-2H3. The number of nitrogens with zero attached hydrogens (tertiary/aromatic N) is 2. The summed E-state index contributed by atoms with van der Waals surface area (Å²) in [5.41, 5.74) is 1.15. The van der Waals surface area contributed by atoms with Crippen LogP contribution in [0.1, 0.15) is 32.3 Å². The molecule has 3 heteroatoms. The monoisotopic (exact) mass is 252 g/mol. The summed E-state index contributed by atoms with van der Waals surface area (Å²) in [5, 5.41) is 0. The lowest BCUT2D eigenvalue weighted by Crippen LogP contribution is -2.36. The first kappa shape index (κ1) is 12.7. The minimum Gasteiger partial charge on any atom is -0.356 e. The van der Waals surface area contributed by atoms with Crippen LogP contribution in [0.5, 0.6) is 0 Å². The second kappa shape index (κ2) is 5.72. The maximum atomic E-state index is 5.96. The van der Waals surface area contributed by atoms with E-state index in [0.29, 0.717) is 5.88 Å². The Morgan fingerprint density at radius 1 is 1.41 bits per heavy atom. The van der Waals surface area contributed by atoms with Crippen molar-refractivity contribution in [2.45, 2.75) is 32.6 Å². The zero-order valence-corrected chi connectivity index (χ0v) is 11.5. The van der Waals surface area contributed by atoms with Crippen LogP contribution < -0.4 is 4.90 Å². The van der Waals surface area contributed by atoms with E-state index in [0.717, 1.165) is 36.3 Å². The first-order chi connectivity index (χ1) is 8.22. The van der Waals surface area contributed by atoms with Gasteiger partial charge in [-0.3, -0.25) is 0 Å². The van der Waals surface area contributed by atoms with Crippen molar-refractivity contribution >= 4 is 17.4 Å². The Balaban J connectivity index is 2.05. The smallest absolute Gasteiger partial charge is 0.132 e. The fraction of sp³-hybridized carbons (Fsp3) is 0.643. The van der Waals surface area contributed by atoms with Gasteiger partial charge in [0.1, 0.15) is 5.82 Å². The lowest BCUT2D eigenvalue weighted by Gasteiger charge is -2.35. The number of alkyl halides is 1. The van der Waals surface area contributed by atoms with E-state index in [-0.39, 0.29) is 0 Å². The van der Waals surface area contributed by atoms with E-state index in [1.807, 2.05) is 12.3 Å². The van der Waals surface area contributed by atoms with Crippen molar-refractivity contribution in [1.82, 2.24) is 4.98 Å². The molecule has 2 nitrogen and oxygen atoms in total. The van der Waals surface area contributed by atoms with Crippen LogP contribution in [0.25, 0.3) is 0 Å². The van der Waals surface area contributed by atoms with Crippen LogP contribution in [-0.4, -0.2) is 18.1 Å². The molecule has 0 spiro atoms. The van der Waals surface area contributed by atoms with Gasteiger partial charge in [-0.05, 0) is 30.7 Å². The summed E-state index contributed by atoms with van der Waals surface area (Å²) >= 11 is 5.96. The average Bonchev–Trinajstić information content (AvgIpc) is 2.39. The van der Waals surface area contributed by atoms with E-state index >= 15 is 0 Å². The molecule has 2 rings (SSSR count). The zero-order valence-electron chi connectivity index (χ0n) is 10.7. The number of anilines is 1. The maximum absolute atomic E-state index is 5.96. The molecule has 1 aromatic heterocycles. The lowest BCUT2D eigenvalue weighted by molar-refractivity contribution is 0.310. The third-order valence-corrected chi connectivity index (χ3v) is 4.08. The van der Waals surface area contributed by atoms with E-state index in [1.165, 1.54) is 12.8 Å². The maximum Gasteiger partial charge on any atom is 0.132 e. The highest BCUT2D eigenvalue weighted by molar-refractivity contribution is 6.17. The van der Waals surface area contributed by atoms with Gasteiger partial charge in [0.05, 0.1) is 5.88 Å². The third kappa shape index (κ3) is 2.92. The van der Waals surface area contributed by atoms with Gasteiger partial charge < -0.3 is 4.90 Å². The molecule has 1 aromatic rings. The lowest BCUT2D eigenvalue weighted by atomic mass is 9.86. The van der Waals surface area contributed by atoms with Crippen molar-refractivity contribution in [1.29, 1.82) is 0 Å². The van der Waals surface area contributed by atoms with E-state index in [9.17, 15) is 0 Å². The van der Waals surface area contributed by atoms with Crippen LogP contribution in [0.15, 0.2) is 18.3 Å². The second-order valence-corrected chi connectivity index (χ2v) is 5.46. The highest BCUT2D eigenvalue weighted by Gasteiger charge is 2.23. The first-order valence-corrected chi connectivity index (χ1v) is 7.00. The predicted octanol–water partition coefficient (Wildman–Crippen LogP) is 3.69. The van der Waals surface area contributed by atoms with Gasteiger partial charge in [0.25, 0.3) is 0 Å². The molecule has 1 saturated heterocycles. The molecule has 1 aliphatic rings. The van der Waals surface area contributed by atoms with E-state index in [1.54, 1.807) is 0 Å². The molecular formula is C14H21ClN2. The van der Waals surface area contributed by atoms with E-state index in [2.05, 4.69) is 29.8 Å². The second-order valence-electron chi connectivity index (χ2n) is 5.19. The summed E-state index contributed by atoms with van der Waals surface area (Å²) in [6, 6.07) is 4.03.